The Kier molecular flexibility index (Phi) is 4.06. The lowest BCUT2D eigenvalue weighted by molar-refractivity contribution is -0.0500. The van der Waals surface area contributed by atoms with Crippen molar-refractivity contribution in [3.05, 3.63) is 28.2 Å². The van der Waals surface area contributed by atoms with Gasteiger partial charge >= 0.3 is 15.6 Å². The fraction of sp³-hybridized carbons (Fsp3) is 0.222. The van der Waals surface area contributed by atoms with E-state index >= 15 is 0 Å². The Morgan fingerprint density at radius 1 is 1.33 bits per heavy atom. The van der Waals surface area contributed by atoms with Crippen molar-refractivity contribution < 1.29 is 30.6 Å². The number of Topliss-reactive ketones (excluding diaryl/α,β-unsaturated/α-hetero) is 1. The zero-order chi connectivity index (χ0) is 14.1. The lowest BCUT2D eigenvalue weighted by Crippen LogP contribution is -2.28. The largest absolute Gasteiger partial charge is 0.534 e. The molecule has 0 N–H and O–H groups in total. The number of ketones is 1. The van der Waals surface area contributed by atoms with Crippen LogP contribution in [0.15, 0.2) is 22.7 Å². The Labute approximate surface area is 109 Å². The fourth-order valence-electron chi connectivity index (χ4n) is 1.02. The van der Waals surface area contributed by atoms with E-state index in [2.05, 4.69) is 20.1 Å². The lowest BCUT2D eigenvalue weighted by atomic mass is 10.1. The molecule has 1 rings (SSSR count). The van der Waals surface area contributed by atoms with E-state index in [0.717, 1.165) is 13.0 Å². The predicted octanol–water partition coefficient (Wildman–Crippen LogP) is 2.88. The second kappa shape index (κ2) is 4.88. The van der Waals surface area contributed by atoms with Gasteiger partial charge in [0.05, 0.1) is 5.56 Å². The molecule has 1 aromatic carbocycles. The first-order valence-corrected chi connectivity index (χ1v) is 6.56. The van der Waals surface area contributed by atoms with Gasteiger partial charge in [-0.05, 0) is 25.1 Å². The molecular weight excluding hydrogens is 341 g/mol. The summed E-state index contributed by atoms with van der Waals surface area (Å²) in [4.78, 5) is 11.2. The van der Waals surface area contributed by atoms with Gasteiger partial charge in [0.2, 0.25) is 0 Å². The van der Waals surface area contributed by atoms with Gasteiger partial charge in [0.25, 0.3) is 0 Å². The van der Waals surface area contributed by atoms with Crippen LogP contribution >= 0.6 is 15.9 Å². The van der Waals surface area contributed by atoms with Crippen molar-refractivity contribution in [2.45, 2.75) is 12.4 Å². The number of hydrogen-bond acceptors (Lipinski definition) is 4. The molecule has 0 amide bonds. The molecule has 0 aliphatic carbocycles. The molecule has 18 heavy (non-hydrogen) atoms. The van der Waals surface area contributed by atoms with Gasteiger partial charge in [0.1, 0.15) is 0 Å². The molecule has 0 saturated carbocycles. The van der Waals surface area contributed by atoms with Crippen LogP contribution in [0, 0.1) is 0 Å². The first-order valence-electron chi connectivity index (χ1n) is 4.36. The highest BCUT2D eigenvalue weighted by Crippen LogP contribution is 2.30. The van der Waals surface area contributed by atoms with Gasteiger partial charge in [-0.3, -0.25) is 4.79 Å². The molecule has 0 unspecified atom stereocenters. The molecule has 0 atom stereocenters. The number of alkyl halides is 3. The molecule has 0 heterocycles. The van der Waals surface area contributed by atoms with E-state index in [0.29, 0.717) is 4.47 Å². The number of hydrogen-bond donors (Lipinski definition) is 0. The van der Waals surface area contributed by atoms with Crippen LogP contribution in [0.3, 0.4) is 0 Å². The molecule has 100 valence electrons. The van der Waals surface area contributed by atoms with Gasteiger partial charge in [-0.1, -0.05) is 15.9 Å². The normalized spacial score (nSPS) is 12.3. The topological polar surface area (TPSA) is 60.4 Å². The molecule has 1 aromatic rings. The summed E-state index contributed by atoms with van der Waals surface area (Å²) in [5.41, 5.74) is -5.81. The average molecular weight is 347 g/mol. The number of rotatable bonds is 3. The number of benzene rings is 1. The van der Waals surface area contributed by atoms with E-state index in [4.69, 9.17) is 0 Å². The smallest absolute Gasteiger partial charge is 0.375 e. The van der Waals surface area contributed by atoms with Gasteiger partial charge in [0, 0.05) is 4.47 Å². The minimum Gasteiger partial charge on any atom is -0.375 e. The van der Waals surface area contributed by atoms with E-state index in [-0.39, 0.29) is 5.56 Å². The Morgan fingerprint density at radius 3 is 2.33 bits per heavy atom. The van der Waals surface area contributed by atoms with Crippen LogP contribution < -0.4 is 4.18 Å². The molecule has 0 aliphatic rings. The first kappa shape index (κ1) is 15.0. The lowest BCUT2D eigenvalue weighted by Gasteiger charge is -2.11. The fourth-order valence-corrected chi connectivity index (χ4v) is 1.85. The van der Waals surface area contributed by atoms with Gasteiger partial charge in [-0.2, -0.15) is 21.6 Å². The third kappa shape index (κ3) is 3.22. The second-order valence-corrected chi connectivity index (χ2v) is 5.63. The summed E-state index contributed by atoms with van der Waals surface area (Å²) in [6, 6.07) is 3.39. The Balaban J connectivity index is 3.25. The van der Waals surface area contributed by atoms with Crippen molar-refractivity contribution in [1.82, 2.24) is 0 Å². The molecule has 0 aliphatic heterocycles. The van der Waals surface area contributed by atoms with Crippen LogP contribution in [0.1, 0.15) is 17.3 Å². The predicted molar refractivity (Wildman–Crippen MR) is 59.7 cm³/mol. The Bertz CT molecular complexity index is 580. The van der Waals surface area contributed by atoms with Crippen molar-refractivity contribution >= 4 is 31.8 Å². The molecule has 0 aromatic heterocycles. The minimum absolute atomic E-state index is 0.266. The number of carbonyl (C=O) groups excluding carboxylic acids is 1. The van der Waals surface area contributed by atoms with Crippen LogP contribution in [-0.4, -0.2) is 19.7 Å². The van der Waals surface area contributed by atoms with E-state index < -0.39 is 27.2 Å². The quantitative estimate of drug-likeness (QED) is 0.479. The van der Waals surface area contributed by atoms with Crippen LogP contribution in [0.4, 0.5) is 13.2 Å². The SMILES string of the molecule is CC(=O)c1cc(Br)ccc1OS(=O)(=O)C(F)(F)F. The highest BCUT2D eigenvalue weighted by Gasteiger charge is 2.48. The highest BCUT2D eigenvalue weighted by atomic mass is 79.9. The summed E-state index contributed by atoms with van der Waals surface area (Å²) in [6.45, 7) is 1.08. The minimum atomic E-state index is -5.79. The van der Waals surface area contributed by atoms with Crippen molar-refractivity contribution in [2.75, 3.05) is 0 Å². The summed E-state index contributed by atoms with van der Waals surface area (Å²) >= 11 is 3.00. The van der Waals surface area contributed by atoms with Gasteiger partial charge < -0.3 is 4.18 Å². The molecular formula is C9H6BrF3O4S. The summed E-state index contributed by atoms with van der Waals surface area (Å²) in [7, 11) is -5.79. The summed E-state index contributed by atoms with van der Waals surface area (Å²) < 4.78 is 62.3. The van der Waals surface area contributed by atoms with Crippen molar-refractivity contribution in [3.8, 4) is 5.75 Å². The first-order chi connectivity index (χ1) is 8.04. The highest BCUT2D eigenvalue weighted by molar-refractivity contribution is 9.10. The summed E-state index contributed by atoms with van der Waals surface area (Å²) in [5.74, 6) is -1.29. The molecule has 0 radical (unpaired) electrons. The summed E-state index contributed by atoms with van der Waals surface area (Å²) in [6.07, 6.45) is 0. The van der Waals surface area contributed by atoms with Crippen LogP contribution in [0.2, 0.25) is 0 Å². The van der Waals surface area contributed by atoms with Crippen LogP contribution in [0.25, 0.3) is 0 Å². The van der Waals surface area contributed by atoms with Crippen LogP contribution in [0.5, 0.6) is 5.75 Å². The standard InChI is InChI=1S/C9H6BrF3O4S/c1-5(14)7-4-6(10)2-3-8(7)17-18(15,16)9(11,12)13/h2-4H,1H3. The zero-order valence-electron chi connectivity index (χ0n) is 8.79. The molecule has 4 nitrogen and oxygen atoms in total. The van der Waals surface area contributed by atoms with E-state index in [1.165, 1.54) is 12.1 Å². The second-order valence-electron chi connectivity index (χ2n) is 3.18. The van der Waals surface area contributed by atoms with E-state index in [1.807, 2.05) is 0 Å². The van der Waals surface area contributed by atoms with Gasteiger partial charge in [0.15, 0.2) is 11.5 Å². The van der Waals surface area contributed by atoms with Crippen LogP contribution in [-0.2, 0) is 10.1 Å². The van der Waals surface area contributed by atoms with Gasteiger partial charge in [-0.15, -0.1) is 0 Å². The summed E-state index contributed by atoms with van der Waals surface area (Å²) in [5, 5.41) is 0. The Hall–Kier alpha value is -1.09. The Morgan fingerprint density at radius 2 is 1.89 bits per heavy atom. The third-order valence-corrected chi connectivity index (χ3v) is 3.26. The molecule has 0 saturated heterocycles. The third-order valence-electron chi connectivity index (χ3n) is 1.80. The molecule has 9 heteroatoms. The average Bonchev–Trinajstić information content (AvgIpc) is 2.18. The van der Waals surface area contributed by atoms with Gasteiger partial charge in [-0.25, -0.2) is 0 Å². The molecule has 0 spiro atoms. The zero-order valence-corrected chi connectivity index (χ0v) is 11.2. The number of halogens is 4. The number of carbonyl (C=O) groups is 1. The maximum absolute atomic E-state index is 12.1. The van der Waals surface area contributed by atoms with Crippen molar-refractivity contribution in [1.29, 1.82) is 0 Å². The van der Waals surface area contributed by atoms with Crippen molar-refractivity contribution in [3.63, 3.8) is 0 Å². The molecule has 0 fully saturated rings. The maximum atomic E-state index is 12.1. The maximum Gasteiger partial charge on any atom is 0.534 e. The van der Waals surface area contributed by atoms with Crippen molar-refractivity contribution in [2.24, 2.45) is 0 Å². The van der Waals surface area contributed by atoms with E-state index in [9.17, 15) is 26.4 Å². The molecule has 0 bridgehead atoms. The monoisotopic (exact) mass is 346 g/mol. The van der Waals surface area contributed by atoms with E-state index in [1.54, 1.807) is 0 Å².